The van der Waals surface area contributed by atoms with Crippen LogP contribution in [0.3, 0.4) is 0 Å². The van der Waals surface area contributed by atoms with Gasteiger partial charge in [-0.3, -0.25) is 0 Å². The van der Waals surface area contributed by atoms with Crippen molar-refractivity contribution in [2.45, 2.75) is 51.2 Å². The van der Waals surface area contributed by atoms with Crippen molar-refractivity contribution in [3.8, 4) is 5.75 Å². The highest BCUT2D eigenvalue weighted by Gasteiger charge is 2.23. The van der Waals surface area contributed by atoms with Gasteiger partial charge in [0, 0.05) is 0 Å². The predicted octanol–water partition coefficient (Wildman–Crippen LogP) is 4.03. The SMILES string of the molecule is CC(Oc1ccc(Cl)nc1Cl)C(=O)OC1CCCCC1. The molecule has 1 aliphatic rings. The Hall–Kier alpha value is -1.00. The molecule has 1 fully saturated rings. The molecule has 1 aromatic heterocycles. The first-order chi connectivity index (χ1) is 9.56. The van der Waals surface area contributed by atoms with Gasteiger partial charge in [0.2, 0.25) is 0 Å². The van der Waals surface area contributed by atoms with Crippen LogP contribution in [0.15, 0.2) is 12.1 Å². The van der Waals surface area contributed by atoms with Gasteiger partial charge in [-0.15, -0.1) is 0 Å². The van der Waals surface area contributed by atoms with E-state index in [4.69, 9.17) is 32.7 Å². The normalized spacial score (nSPS) is 17.6. The lowest BCUT2D eigenvalue weighted by molar-refractivity contribution is -0.158. The van der Waals surface area contributed by atoms with E-state index < -0.39 is 6.10 Å². The van der Waals surface area contributed by atoms with E-state index in [0.29, 0.717) is 5.75 Å². The van der Waals surface area contributed by atoms with Crippen molar-refractivity contribution >= 4 is 29.2 Å². The third-order valence-corrected chi connectivity index (χ3v) is 3.73. The zero-order valence-electron chi connectivity index (χ0n) is 11.3. The van der Waals surface area contributed by atoms with Gasteiger partial charge in [0.15, 0.2) is 17.0 Å². The summed E-state index contributed by atoms with van der Waals surface area (Å²) in [4.78, 5) is 15.8. The standard InChI is InChI=1S/C14H17Cl2NO3/c1-9(14(18)20-10-5-3-2-4-6-10)19-11-7-8-12(15)17-13(11)16/h7-10H,2-6H2,1H3. The Bertz CT molecular complexity index is 475. The minimum Gasteiger partial charge on any atom is -0.476 e. The second-order valence-corrected chi connectivity index (χ2v) is 5.63. The molecule has 1 unspecified atom stereocenters. The van der Waals surface area contributed by atoms with Crippen LogP contribution in [0.5, 0.6) is 5.75 Å². The minimum atomic E-state index is -0.725. The van der Waals surface area contributed by atoms with E-state index in [9.17, 15) is 4.79 Å². The van der Waals surface area contributed by atoms with Crippen molar-refractivity contribution < 1.29 is 14.3 Å². The van der Waals surface area contributed by atoms with Crippen LogP contribution in [0.1, 0.15) is 39.0 Å². The summed E-state index contributed by atoms with van der Waals surface area (Å²) < 4.78 is 10.9. The first-order valence-corrected chi connectivity index (χ1v) is 7.51. The maximum atomic E-state index is 12.0. The van der Waals surface area contributed by atoms with Crippen molar-refractivity contribution in [2.24, 2.45) is 0 Å². The van der Waals surface area contributed by atoms with Gasteiger partial charge < -0.3 is 9.47 Å². The third kappa shape index (κ3) is 4.25. The maximum absolute atomic E-state index is 12.0. The molecule has 20 heavy (non-hydrogen) atoms. The van der Waals surface area contributed by atoms with Crippen LogP contribution in [-0.2, 0) is 9.53 Å². The Labute approximate surface area is 128 Å². The number of hydrogen-bond acceptors (Lipinski definition) is 4. The fourth-order valence-corrected chi connectivity index (χ4v) is 2.56. The van der Waals surface area contributed by atoms with Crippen molar-refractivity contribution in [3.63, 3.8) is 0 Å². The quantitative estimate of drug-likeness (QED) is 0.621. The van der Waals surface area contributed by atoms with Crippen LogP contribution < -0.4 is 4.74 Å². The molecule has 0 aliphatic heterocycles. The van der Waals surface area contributed by atoms with E-state index in [1.165, 1.54) is 6.42 Å². The number of hydrogen-bond donors (Lipinski definition) is 0. The summed E-state index contributed by atoms with van der Waals surface area (Å²) in [5, 5.41) is 0.412. The molecule has 0 N–H and O–H groups in total. The lowest BCUT2D eigenvalue weighted by atomic mass is 9.98. The summed E-state index contributed by atoms with van der Waals surface area (Å²) in [5.74, 6) is -0.0490. The van der Waals surface area contributed by atoms with Crippen LogP contribution in [0.25, 0.3) is 0 Å². The number of carbonyl (C=O) groups is 1. The molecule has 0 radical (unpaired) electrons. The summed E-state index contributed by atoms with van der Waals surface area (Å²) in [5.41, 5.74) is 0. The highest BCUT2D eigenvalue weighted by Crippen LogP contribution is 2.26. The first-order valence-electron chi connectivity index (χ1n) is 6.75. The average molecular weight is 318 g/mol. The number of rotatable bonds is 4. The number of ether oxygens (including phenoxy) is 2. The van der Waals surface area contributed by atoms with Gasteiger partial charge in [-0.2, -0.15) is 0 Å². The number of halogens is 2. The van der Waals surface area contributed by atoms with Crippen molar-refractivity contribution in [1.82, 2.24) is 4.98 Å². The topological polar surface area (TPSA) is 48.4 Å². The monoisotopic (exact) mass is 317 g/mol. The van der Waals surface area contributed by atoms with Crippen LogP contribution in [0.4, 0.5) is 0 Å². The van der Waals surface area contributed by atoms with E-state index in [-0.39, 0.29) is 22.4 Å². The molecule has 1 saturated carbocycles. The molecule has 1 atom stereocenters. The second kappa shape index (κ2) is 7.14. The average Bonchev–Trinajstić information content (AvgIpc) is 2.43. The van der Waals surface area contributed by atoms with Gasteiger partial charge in [0.05, 0.1) is 0 Å². The third-order valence-electron chi connectivity index (χ3n) is 3.25. The molecule has 1 aromatic rings. The molecule has 6 heteroatoms. The summed E-state index contributed by atoms with van der Waals surface area (Å²) in [6.45, 7) is 1.64. The van der Waals surface area contributed by atoms with E-state index in [0.717, 1.165) is 25.7 Å². The first kappa shape index (κ1) is 15.4. The second-order valence-electron chi connectivity index (χ2n) is 4.88. The Morgan fingerprint density at radius 2 is 2.00 bits per heavy atom. The van der Waals surface area contributed by atoms with Crippen LogP contribution in [0, 0.1) is 0 Å². The summed E-state index contributed by atoms with van der Waals surface area (Å²) in [6, 6.07) is 3.14. The summed E-state index contributed by atoms with van der Waals surface area (Å²) >= 11 is 11.6. The Balaban J connectivity index is 1.89. The molecule has 0 spiro atoms. The zero-order valence-corrected chi connectivity index (χ0v) is 12.8. The molecule has 1 aliphatic carbocycles. The highest BCUT2D eigenvalue weighted by molar-refractivity contribution is 6.33. The predicted molar refractivity (Wildman–Crippen MR) is 77.3 cm³/mol. The largest absolute Gasteiger partial charge is 0.476 e. The number of esters is 1. The molecule has 1 heterocycles. The lowest BCUT2D eigenvalue weighted by Crippen LogP contribution is -2.31. The van der Waals surface area contributed by atoms with Crippen LogP contribution >= 0.6 is 23.2 Å². The highest BCUT2D eigenvalue weighted by atomic mass is 35.5. The van der Waals surface area contributed by atoms with Crippen molar-refractivity contribution in [3.05, 3.63) is 22.4 Å². The van der Waals surface area contributed by atoms with Gasteiger partial charge in [0.25, 0.3) is 0 Å². The summed E-state index contributed by atoms with van der Waals surface area (Å²) in [6.07, 6.45) is 4.59. The molecule has 0 aromatic carbocycles. The molecule has 2 rings (SSSR count). The van der Waals surface area contributed by atoms with Gasteiger partial charge in [-0.1, -0.05) is 29.6 Å². The van der Waals surface area contributed by atoms with E-state index in [1.807, 2.05) is 0 Å². The van der Waals surface area contributed by atoms with Gasteiger partial charge >= 0.3 is 5.97 Å². The number of aromatic nitrogens is 1. The fraction of sp³-hybridized carbons (Fsp3) is 0.571. The maximum Gasteiger partial charge on any atom is 0.347 e. The Morgan fingerprint density at radius 1 is 1.30 bits per heavy atom. The van der Waals surface area contributed by atoms with Crippen LogP contribution in [-0.4, -0.2) is 23.2 Å². The number of nitrogens with zero attached hydrogens (tertiary/aromatic N) is 1. The van der Waals surface area contributed by atoms with Gasteiger partial charge in [-0.25, -0.2) is 9.78 Å². The fourth-order valence-electron chi connectivity index (χ4n) is 2.17. The Kier molecular flexibility index (Phi) is 5.49. The molecule has 0 saturated heterocycles. The molecular weight excluding hydrogens is 301 g/mol. The van der Waals surface area contributed by atoms with Crippen molar-refractivity contribution in [2.75, 3.05) is 0 Å². The molecule has 4 nitrogen and oxygen atoms in total. The van der Waals surface area contributed by atoms with Gasteiger partial charge in [0.1, 0.15) is 11.3 Å². The molecule has 110 valence electrons. The minimum absolute atomic E-state index is 0.0149. The Morgan fingerprint density at radius 3 is 2.65 bits per heavy atom. The number of carbonyl (C=O) groups excluding carboxylic acids is 1. The van der Waals surface area contributed by atoms with E-state index >= 15 is 0 Å². The van der Waals surface area contributed by atoms with E-state index in [2.05, 4.69) is 4.98 Å². The smallest absolute Gasteiger partial charge is 0.347 e. The molecule has 0 amide bonds. The van der Waals surface area contributed by atoms with Gasteiger partial charge in [-0.05, 0) is 44.7 Å². The molecular formula is C14H17Cl2NO3. The number of pyridine rings is 1. The zero-order chi connectivity index (χ0) is 14.5. The molecule has 0 bridgehead atoms. The van der Waals surface area contributed by atoms with Crippen LogP contribution in [0.2, 0.25) is 10.3 Å². The lowest BCUT2D eigenvalue weighted by Gasteiger charge is -2.23. The van der Waals surface area contributed by atoms with E-state index in [1.54, 1.807) is 19.1 Å². The summed E-state index contributed by atoms with van der Waals surface area (Å²) in [7, 11) is 0. The van der Waals surface area contributed by atoms with Crippen molar-refractivity contribution in [1.29, 1.82) is 0 Å².